The summed E-state index contributed by atoms with van der Waals surface area (Å²) in [6.07, 6.45) is 0.178. The van der Waals surface area contributed by atoms with E-state index in [9.17, 15) is 8.42 Å². The predicted molar refractivity (Wildman–Crippen MR) is 75.3 cm³/mol. The first kappa shape index (κ1) is 14.3. The van der Waals surface area contributed by atoms with Crippen molar-refractivity contribution in [3.05, 3.63) is 24.3 Å². The van der Waals surface area contributed by atoms with Gasteiger partial charge < -0.3 is 4.74 Å². The van der Waals surface area contributed by atoms with Gasteiger partial charge in [0.2, 0.25) is 0 Å². The number of sulfone groups is 1. The van der Waals surface area contributed by atoms with Crippen molar-refractivity contribution in [1.29, 1.82) is 0 Å². The number of ether oxygens (including phenoxy) is 1. The zero-order valence-corrected chi connectivity index (χ0v) is 12.5. The first-order valence-electron chi connectivity index (χ1n) is 6.66. The molecule has 0 saturated carbocycles. The van der Waals surface area contributed by atoms with Crippen LogP contribution < -0.4 is 4.74 Å². The molecule has 1 fully saturated rings. The largest absolute Gasteiger partial charge is 0.488 e. The smallest absolute Gasteiger partial charge is 0.180 e. The lowest BCUT2D eigenvalue weighted by Crippen LogP contribution is -2.53. The number of benzene rings is 1. The summed E-state index contributed by atoms with van der Waals surface area (Å²) >= 11 is 0. The molecule has 1 aliphatic heterocycles. The molecule has 0 aromatic heterocycles. The van der Waals surface area contributed by atoms with Crippen LogP contribution in [0.15, 0.2) is 29.2 Å². The average Bonchev–Trinajstić information content (AvgIpc) is 2.33. The maximum atomic E-state index is 12.1. The molecular weight excluding hydrogens is 262 g/mol. The SMILES string of the molecule is CCN1CC(Oc2cccc(S(=O)(=O)C(C)C)c2)C1. The Balaban J connectivity index is 2.08. The van der Waals surface area contributed by atoms with E-state index in [1.54, 1.807) is 32.0 Å². The lowest BCUT2D eigenvalue weighted by Gasteiger charge is -2.38. The molecule has 0 bridgehead atoms. The van der Waals surface area contributed by atoms with Crippen molar-refractivity contribution in [3.63, 3.8) is 0 Å². The van der Waals surface area contributed by atoms with Gasteiger partial charge >= 0.3 is 0 Å². The molecule has 0 spiro atoms. The van der Waals surface area contributed by atoms with Crippen LogP contribution >= 0.6 is 0 Å². The van der Waals surface area contributed by atoms with Crippen LogP contribution in [-0.4, -0.2) is 44.3 Å². The summed E-state index contributed by atoms with van der Waals surface area (Å²) in [6, 6.07) is 6.81. The molecule has 0 radical (unpaired) electrons. The maximum Gasteiger partial charge on any atom is 0.180 e. The minimum atomic E-state index is -3.23. The van der Waals surface area contributed by atoms with Crippen molar-refractivity contribution < 1.29 is 13.2 Å². The first-order chi connectivity index (χ1) is 8.93. The predicted octanol–water partition coefficient (Wildman–Crippen LogP) is 1.95. The van der Waals surface area contributed by atoms with E-state index >= 15 is 0 Å². The quantitative estimate of drug-likeness (QED) is 0.828. The van der Waals surface area contributed by atoms with Crippen molar-refractivity contribution >= 4 is 9.84 Å². The summed E-state index contributed by atoms with van der Waals surface area (Å²) in [6.45, 7) is 8.35. The molecule has 1 aliphatic rings. The molecule has 2 rings (SSSR count). The third kappa shape index (κ3) is 3.09. The summed E-state index contributed by atoms with van der Waals surface area (Å²) < 4.78 is 30.0. The average molecular weight is 283 g/mol. The molecule has 0 atom stereocenters. The van der Waals surface area contributed by atoms with E-state index in [0.29, 0.717) is 10.6 Å². The van der Waals surface area contributed by atoms with Gasteiger partial charge in [0.05, 0.1) is 10.1 Å². The molecule has 0 N–H and O–H groups in total. The van der Waals surface area contributed by atoms with E-state index in [4.69, 9.17) is 4.74 Å². The topological polar surface area (TPSA) is 46.6 Å². The fourth-order valence-corrected chi connectivity index (χ4v) is 3.14. The lowest BCUT2D eigenvalue weighted by atomic mass is 10.2. The van der Waals surface area contributed by atoms with E-state index in [-0.39, 0.29) is 6.10 Å². The Morgan fingerprint density at radius 3 is 2.63 bits per heavy atom. The minimum absolute atomic E-state index is 0.178. The van der Waals surface area contributed by atoms with E-state index in [2.05, 4.69) is 11.8 Å². The van der Waals surface area contributed by atoms with Gasteiger partial charge in [-0.05, 0) is 38.6 Å². The molecule has 4 nitrogen and oxygen atoms in total. The lowest BCUT2D eigenvalue weighted by molar-refractivity contribution is 0.0237. The maximum absolute atomic E-state index is 12.1. The van der Waals surface area contributed by atoms with E-state index in [1.165, 1.54) is 0 Å². The Bertz CT molecular complexity index is 533. The van der Waals surface area contributed by atoms with Gasteiger partial charge in [-0.15, -0.1) is 0 Å². The molecule has 0 unspecified atom stereocenters. The molecular formula is C14H21NO3S. The second-order valence-corrected chi connectivity index (χ2v) is 7.66. The summed E-state index contributed by atoms with van der Waals surface area (Å²) in [7, 11) is -3.23. The van der Waals surface area contributed by atoms with Crippen LogP contribution in [0.4, 0.5) is 0 Å². The van der Waals surface area contributed by atoms with E-state index < -0.39 is 15.1 Å². The zero-order chi connectivity index (χ0) is 14.0. The van der Waals surface area contributed by atoms with Crippen LogP contribution in [0.2, 0.25) is 0 Å². The standard InChI is InChI=1S/C14H21NO3S/c1-4-15-9-13(10-15)18-12-6-5-7-14(8-12)19(16,17)11(2)3/h5-8,11,13H,4,9-10H2,1-3H3. The number of hydrogen-bond acceptors (Lipinski definition) is 4. The fourth-order valence-electron chi connectivity index (χ4n) is 2.04. The second-order valence-electron chi connectivity index (χ2n) is 5.16. The fraction of sp³-hybridized carbons (Fsp3) is 0.571. The van der Waals surface area contributed by atoms with E-state index in [0.717, 1.165) is 19.6 Å². The number of likely N-dealkylation sites (tertiary alicyclic amines) is 1. The van der Waals surface area contributed by atoms with Crippen LogP contribution in [0.3, 0.4) is 0 Å². The van der Waals surface area contributed by atoms with E-state index in [1.807, 2.05) is 6.07 Å². The van der Waals surface area contributed by atoms with Gasteiger partial charge in [-0.3, -0.25) is 4.90 Å². The monoisotopic (exact) mass is 283 g/mol. The Kier molecular flexibility index (Phi) is 4.16. The Morgan fingerprint density at radius 2 is 2.05 bits per heavy atom. The van der Waals surface area contributed by atoms with Gasteiger partial charge in [0.1, 0.15) is 11.9 Å². The molecule has 0 aliphatic carbocycles. The van der Waals surface area contributed by atoms with Crippen molar-refractivity contribution in [1.82, 2.24) is 4.90 Å². The van der Waals surface area contributed by atoms with Crippen LogP contribution in [0.1, 0.15) is 20.8 Å². The first-order valence-corrected chi connectivity index (χ1v) is 8.21. The molecule has 1 saturated heterocycles. The number of likely N-dealkylation sites (N-methyl/N-ethyl adjacent to an activating group) is 1. The van der Waals surface area contributed by atoms with Gasteiger partial charge in [-0.2, -0.15) is 0 Å². The Hall–Kier alpha value is -1.07. The summed E-state index contributed by atoms with van der Waals surface area (Å²) in [5.41, 5.74) is 0. The van der Waals surface area contributed by atoms with Gasteiger partial charge in [-0.1, -0.05) is 13.0 Å². The molecule has 106 valence electrons. The normalized spacial score (nSPS) is 17.5. The third-order valence-electron chi connectivity index (χ3n) is 3.43. The van der Waals surface area contributed by atoms with Gasteiger partial charge in [0.25, 0.3) is 0 Å². The molecule has 1 heterocycles. The number of hydrogen-bond donors (Lipinski definition) is 0. The summed E-state index contributed by atoms with van der Waals surface area (Å²) in [5, 5.41) is -0.415. The van der Waals surface area contributed by atoms with Gasteiger partial charge in [0.15, 0.2) is 9.84 Å². The van der Waals surface area contributed by atoms with Gasteiger partial charge in [-0.25, -0.2) is 8.42 Å². The van der Waals surface area contributed by atoms with Crippen LogP contribution in [-0.2, 0) is 9.84 Å². The Morgan fingerprint density at radius 1 is 1.37 bits per heavy atom. The molecule has 0 amide bonds. The molecule has 19 heavy (non-hydrogen) atoms. The van der Waals surface area contributed by atoms with Crippen molar-refractivity contribution in [2.75, 3.05) is 19.6 Å². The highest BCUT2D eigenvalue weighted by Gasteiger charge is 2.27. The second kappa shape index (κ2) is 5.51. The Labute approximate surface area is 115 Å². The number of nitrogens with zero attached hydrogens (tertiary/aromatic N) is 1. The highest BCUT2D eigenvalue weighted by atomic mass is 32.2. The van der Waals surface area contributed by atoms with Crippen molar-refractivity contribution in [2.24, 2.45) is 0 Å². The highest BCUT2D eigenvalue weighted by molar-refractivity contribution is 7.92. The third-order valence-corrected chi connectivity index (χ3v) is 5.58. The van der Waals surface area contributed by atoms with Crippen molar-refractivity contribution in [2.45, 2.75) is 37.0 Å². The van der Waals surface area contributed by atoms with Gasteiger partial charge in [0, 0.05) is 13.1 Å². The summed E-state index contributed by atoms with van der Waals surface area (Å²) in [5.74, 6) is 0.641. The summed E-state index contributed by atoms with van der Waals surface area (Å²) in [4.78, 5) is 2.62. The highest BCUT2D eigenvalue weighted by Crippen LogP contribution is 2.23. The minimum Gasteiger partial charge on any atom is -0.488 e. The van der Waals surface area contributed by atoms with Crippen LogP contribution in [0, 0.1) is 0 Å². The van der Waals surface area contributed by atoms with Crippen LogP contribution in [0.25, 0.3) is 0 Å². The van der Waals surface area contributed by atoms with Crippen molar-refractivity contribution in [3.8, 4) is 5.75 Å². The molecule has 1 aromatic rings. The molecule has 1 aromatic carbocycles. The van der Waals surface area contributed by atoms with Crippen LogP contribution in [0.5, 0.6) is 5.75 Å². The zero-order valence-electron chi connectivity index (χ0n) is 11.7. The number of rotatable bonds is 5. The molecule has 5 heteroatoms.